The molecule has 0 saturated carbocycles. The van der Waals surface area contributed by atoms with Gasteiger partial charge >= 0.3 is 0 Å². The average Bonchev–Trinajstić information content (AvgIpc) is 2.73. The van der Waals surface area contributed by atoms with Crippen LogP contribution in [0.4, 0.5) is 0 Å². The van der Waals surface area contributed by atoms with Crippen molar-refractivity contribution < 1.29 is 8.42 Å². The number of aromatic nitrogens is 2. The molecule has 0 aliphatic carbocycles. The molecule has 1 aromatic heterocycles. The van der Waals surface area contributed by atoms with Crippen molar-refractivity contribution in [1.82, 2.24) is 14.3 Å². The van der Waals surface area contributed by atoms with Crippen molar-refractivity contribution in [2.75, 3.05) is 11.9 Å². The van der Waals surface area contributed by atoms with Crippen LogP contribution in [0, 0.1) is 12.3 Å². The highest BCUT2D eigenvalue weighted by Gasteiger charge is 2.28. The van der Waals surface area contributed by atoms with Crippen LogP contribution in [0.5, 0.6) is 0 Å². The predicted octanol–water partition coefficient (Wildman–Crippen LogP) is 2.21. The first-order valence-electron chi connectivity index (χ1n) is 6.36. The zero-order valence-electron chi connectivity index (χ0n) is 11.9. The van der Waals surface area contributed by atoms with Crippen LogP contribution in [0.3, 0.4) is 0 Å². The van der Waals surface area contributed by atoms with Crippen LogP contribution in [0.15, 0.2) is 11.2 Å². The van der Waals surface area contributed by atoms with Gasteiger partial charge in [-0.15, -0.1) is 0 Å². The fraction of sp³-hybridized carbons (Fsp3) is 0.750. The van der Waals surface area contributed by atoms with Crippen molar-refractivity contribution in [3.05, 3.63) is 12.0 Å². The summed E-state index contributed by atoms with van der Waals surface area (Å²) < 4.78 is 28.8. The van der Waals surface area contributed by atoms with Gasteiger partial charge in [0.05, 0.1) is 0 Å². The molecule has 0 bridgehead atoms. The number of sulfonamides is 1. The summed E-state index contributed by atoms with van der Waals surface area (Å²) in [5.41, 5.74) is -0.0447. The quantitative estimate of drug-likeness (QED) is 0.766. The summed E-state index contributed by atoms with van der Waals surface area (Å²) in [7, 11) is -1.75. The first kappa shape index (κ1) is 16.7. The summed E-state index contributed by atoms with van der Waals surface area (Å²) in [6.07, 6.45) is 3.36. The maximum atomic E-state index is 12.2. The molecule has 0 unspecified atom stereocenters. The van der Waals surface area contributed by atoms with Gasteiger partial charge in [0, 0.05) is 25.1 Å². The van der Waals surface area contributed by atoms with Crippen LogP contribution in [-0.2, 0) is 17.1 Å². The fourth-order valence-electron chi connectivity index (χ4n) is 1.71. The van der Waals surface area contributed by atoms with E-state index in [2.05, 4.69) is 39.5 Å². The highest BCUT2D eigenvalue weighted by Crippen LogP contribution is 2.28. The molecule has 1 N–H and O–H groups in total. The van der Waals surface area contributed by atoms with Gasteiger partial charge < -0.3 is 4.57 Å². The topological polar surface area (TPSA) is 64.0 Å². The van der Waals surface area contributed by atoms with Crippen LogP contribution in [0.25, 0.3) is 0 Å². The van der Waals surface area contributed by atoms with Gasteiger partial charge in [0.25, 0.3) is 10.0 Å². The van der Waals surface area contributed by atoms with Gasteiger partial charge in [-0.1, -0.05) is 29.8 Å². The highest BCUT2D eigenvalue weighted by atomic mass is 79.9. The zero-order valence-corrected chi connectivity index (χ0v) is 14.3. The summed E-state index contributed by atoms with van der Waals surface area (Å²) in [5, 5.41) is 0.861. The van der Waals surface area contributed by atoms with E-state index in [-0.39, 0.29) is 10.4 Å². The SMILES string of the molecule is CCC(CC)(CBr)CNS(=O)(=O)c1cn(C)c(C)n1. The molecule has 1 heterocycles. The van der Waals surface area contributed by atoms with Crippen molar-refractivity contribution in [3.63, 3.8) is 0 Å². The lowest BCUT2D eigenvalue weighted by molar-refractivity contribution is 0.309. The Hall–Kier alpha value is -0.400. The molecule has 1 rings (SSSR count). The zero-order chi connectivity index (χ0) is 14.7. The van der Waals surface area contributed by atoms with Crippen LogP contribution >= 0.6 is 15.9 Å². The third kappa shape index (κ3) is 3.79. The van der Waals surface area contributed by atoms with Crippen molar-refractivity contribution >= 4 is 26.0 Å². The summed E-state index contributed by atoms with van der Waals surface area (Å²) in [4.78, 5) is 4.06. The molecule has 0 spiro atoms. The Morgan fingerprint density at radius 1 is 1.42 bits per heavy atom. The van der Waals surface area contributed by atoms with E-state index >= 15 is 0 Å². The molecule has 0 aliphatic rings. The Morgan fingerprint density at radius 2 is 2.00 bits per heavy atom. The van der Waals surface area contributed by atoms with Gasteiger partial charge in [0.15, 0.2) is 5.03 Å². The van der Waals surface area contributed by atoms with E-state index in [0.29, 0.717) is 12.4 Å². The maximum Gasteiger partial charge on any atom is 0.259 e. The lowest BCUT2D eigenvalue weighted by Crippen LogP contribution is -2.38. The second-order valence-corrected chi connectivity index (χ2v) is 7.18. The second kappa shape index (κ2) is 6.37. The minimum atomic E-state index is -3.53. The summed E-state index contributed by atoms with van der Waals surface area (Å²) in [6.45, 7) is 6.34. The van der Waals surface area contributed by atoms with Gasteiger partial charge in [-0.3, -0.25) is 0 Å². The molecule has 0 amide bonds. The number of rotatable bonds is 7. The van der Waals surface area contributed by atoms with E-state index in [9.17, 15) is 8.42 Å². The predicted molar refractivity (Wildman–Crippen MR) is 79.9 cm³/mol. The fourth-order valence-corrected chi connectivity index (χ4v) is 3.90. The highest BCUT2D eigenvalue weighted by molar-refractivity contribution is 9.09. The molecule has 0 aromatic carbocycles. The number of halogens is 1. The monoisotopic (exact) mass is 351 g/mol. The number of nitrogens with zero attached hydrogens (tertiary/aromatic N) is 2. The number of alkyl halides is 1. The summed E-state index contributed by atoms with van der Waals surface area (Å²) in [6, 6.07) is 0. The van der Waals surface area contributed by atoms with Gasteiger partial charge in [0.2, 0.25) is 0 Å². The van der Waals surface area contributed by atoms with E-state index in [0.717, 1.165) is 18.2 Å². The lowest BCUT2D eigenvalue weighted by atomic mass is 9.85. The summed E-state index contributed by atoms with van der Waals surface area (Å²) >= 11 is 3.48. The first-order valence-corrected chi connectivity index (χ1v) is 8.96. The van der Waals surface area contributed by atoms with Crippen molar-refractivity contribution in [2.45, 2.75) is 38.6 Å². The third-order valence-electron chi connectivity index (χ3n) is 3.78. The number of nitrogens with one attached hydrogen (secondary N) is 1. The molecular weight excluding hydrogens is 330 g/mol. The number of aryl methyl sites for hydroxylation is 2. The molecule has 0 fully saturated rings. The van der Waals surface area contributed by atoms with E-state index in [1.54, 1.807) is 18.5 Å². The van der Waals surface area contributed by atoms with Gasteiger partial charge in [0.1, 0.15) is 5.82 Å². The molecule has 1 aromatic rings. The first-order chi connectivity index (χ1) is 8.80. The molecule has 0 aliphatic heterocycles. The third-order valence-corrected chi connectivity index (χ3v) is 6.24. The molecule has 19 heavy (non-hydrogen) atoms. The van der Waals surface area contributed by atoms with Crippen molar-refractivity contribution in [2.24, 2.45) is 12.5 Å². The largest absolute Gasteiger partial charge is 0.337 e. The Morgan fingerprint density at radius 3 is 2.37 bits per heavy atom. The van der Waals surface area contributed by atoms with Crippen molar-refractivity contribution in [3.8, 4) is 0 Å². The number of hydrogen-bond acceptors (Lipinski definition) is 3. The molecule has 110 valence electrons. The average molecular weight is 352 g/mol. The molecule has 0 saturated heterocycles. The molecule has 0 atom stereocenters. The molecular formula is C12H22BrN3O2S. The second-order valence-electron chi connectivity index (χ2n) is 4.90. The minimum Gasteiger partial charge on any atom is -0.337 e. The standard InChI is InChI=1S/C12H22BrN3O2S/c1-5-12(6-2,8-13)9-14-19(17,18)11-7-16(4)10(3)15-11/h7,14H,5-6,8-9H2,1-4H3. The Balaban J connectivity index is 2.86. The summed E-state index contributed by atoms with van der Waals surface area (Å²) in [5.74, 6) is 0.679. The van der Waals surface area contributed by atoms with Crippen LogP contribution in [0.1, 0.15) is 32.5 Å². The van der Waals surface area contributed by atoms with Crippen LogP contribution in [0.2, 0.25) is 0 Å². The van der Waals surface area contributed by atoms with E-state index in [1.807, 2.05) is 0 Å². The Kier molecular flexibility index (Phi) is 5.58. The van der Waals surface area contributed by atoms with Crippen LogP contribution in [-0.4, -0.2) is 29.8 Å². The number of imidazole rings is 1. The maximum absolute atomic E-state index is 12.2. The van der Waals surface area contributed by atoms with E-state index in [1.165, 1.54) is 6.20 Å². The lowest BCUT2D eigenvalue weighted by Gasteiger charge is -2.29. The molecule has 5 nitrogen and oxygen atoms in total. The van der Waals surface area contributed by atoms with Gasteiger partial charge in [-0.2, -0.15) is 0 Å². The Labute approximate surface area is 124 Å². The van der Waals surface area contributed by atoms with Crippen LogP contribution < -0.4 is 4.72 Å². The Bertz CT molecular complexity index is 493. The molecule has 7 heteroatoms. The minimum absolute atomic E-state index is 0.0447. The van der Waals surface area contributed by atoms with Crippen molar-refractivity contribution in [1.29, 1.82) is 0 Å². The smallest absolute Gasteiger partial charge is 0.259 e. The normalized spacial score (nSPS) is 12.9. The number of hydrogen-bond donors (Lipinski definition) is 1. The van der Waals surface area contributed by atoms with Gasteiger partial charge in [-0.05, 0) is 25.2 Å². The van der Waals surface area contributed by atoms with Gasteiger partial charge in [-0.25, -0.2) is 18.1 Å². The van der Waals surface area contributed by atoms with E-state index < -0.39 is 10.0 Å². The molecule has 0 radical (unpaired) electrons. The van der Waals surface area contributed by atoms with E-state index in [4.69, 9.17) is 0 Å².